The van der Waals surface area contributed by atoms with Crippen LogP contribution in [0.25, 0.3) is 22.1 Å². The molecule has 0 unspecified atom stereocenters. The minimum atomic E-state index is -1.12. The van der Waals surface area contributed by atoms with Gasteiger partial charge in [-0.25, -0.2) is 9.59 Å². The van der Waals surface area contributed by atoms with Crippen LogP contribution in [0.3, 0.4) is 0 Å². The van der Waals surface area contributed by atoms with Crippen LogP contribution in [0.5, 0.6) is 0 Å². The average molecular weight is 413 g/mol. The van der Waals surface area contributed by atoms with Crippen molar-refractivity contribution < 1.29 is 18.7 Å². The summed E-state index contributed by atoms with van der Waals surface area (Å²) in [5.41, 5.74) is 1.66. The lowest BCUT2D eigenvalue weighted by Crippen LogP contribution is -2.31. The molecule has 1 heterocycles. The lowest BCUT2D eigenvalue weighted by Gasteiger charge is -2.15. The first-order valence-electron chi connectivity index (χ1n) is 9.72. The SMILES string of the molecule is C[C@H](OC(=O)c1cc2ccccc2oc1=O)C(=O)Nc1ccccc1-c1ccccc1. The van der Waals surface area contributed by atoms with Crippen molar-refractivity contribution in [3.05, 3.63) is 101 Å². The maximum Gasteiger partial charge on any atom is 0.351 e. The monoisotopic (exact) mass is 413 g/mol. The molecule has 0 radical (unpaired) electrons. The number of ether oxygens (including phenoxy) is 1. The molecule has 0 bridgehead atoms. The second kappa shape index (κ2) is 8.67. The quantitative estimate of drug-likeness (QED) is 0.380. The Morgan fingerprint density at radius 1 is 0.903 bits per heavy atom. The van der Waals surface area contributed by atoms with Gasteiger partial charge in [0.25, 0.3) is 5.91 Å². The molecule has 4 aromatic rings. The van der Waals surface area contributed by atoms with Crippen molar-refractivity contribution in [2.24, 2.45) is 0 Å². The molecule has 6 heteroatoms. The standard InChI is InChI=1S/C25H19NO5/c1-16(30-24(28)20-15-18-11-5-8-14-22(18)31-25(20)29)23(27)26-21-13-7-6-12-19(21)17-9-3-2-4-10-17/h2-16H,1H3,(H,26,27)/t16-/m0/s1. The number of rotatable bonds is 5. The van der Waals surface area contributed by atoms with Crippen molar-refractivity contribution >= 4 is 28.5 Å². The highest BCUT2D eigenvalue weighted by Gasteiger charge is 2.23. The topological polar surface area (TPSA) is 85.6 Å². The molecule has 0 saturated carbocycles. The van der Waals surface area contributed by atoms with Crippen LogP contribution < -0.4 is 10.9 Å². The Morgan fingerprint density at radius 2 is 1.58 bits per heavy atom. The van der Waals surface area contributed by atoms with Gasteiger partial charge in [-0.15, -0.1) is 0 Å². The van der Waals surface area contributed by atoms with E-state index in [9.17, 15) is 14.4 Å². The number of carbonyl (C=O) groups is 2. The second-order valence-electron chi connectivity index (χ2n) is 6.93. The van der Waals surface area contributed by atoms with Crippen LogP contribution in [0.1, 0.15) is 17.3 Å². The fraction of sp³-hybridized carbons (Fsp3) is 0.0800. The Morgan fingerprint density at radius 3 is 2.39 bits per heavy atom. The first kappa shape index (κ1) is 20.1. The number of esters is 1. The molecule has 6 nitrogen and oxygen atoms in total. The van der Waals surface area contributed by atoms with Crippen molar-refractivity contribution in [3.63, 3.8) is 0 Å². The summed E-state index contributed by atoms with van der Waals surface area (Å²) in [5.74, 6) is -1.43. The van der Waals surface area contributed by atoms with E-state index >= 15 is 0 Å². The fourth-order valence-electron chi connectivity index (χ4n) is 3.18. The van der Waals surface area contributed by atoms with Crippen LogP contribution in [0.15, 0.2) is 94.1 Å². The molecule has 154 valence electrons. The molecule has 4 rings (SSSR count). The third-order valence-electron chi connectivity index (χ3n) is 4.78. The predicted octanol–water partition coefficient (Wildman–Crippen LogP) is 4.64. The van der Waals surface area contributed by atoms with Gasteiger partial charge in [0, 0.05) is 16.6 Å². The summed E-state index contributed by atoms with van der Waals surface area (Å²) in [6.07, 6.45) is -1.12. The Labute approximate surface area is 178 Å². The van der Waals surface area contributed by atoms with Crippen molar-refractivity contribution in [1.82, 2.24) is 0 Å². The summed E-state index contributed by atoms with van der Waals surface area (Å²) < 4.78 is 10.4. The highest BCUT2D eigenvalue weighted by Crippen LogP contribution is 2.27. The zero-order valence-electron chi connectivity index (χ0n) is 16.7. The van der Waals surface area contributed by atoms with Gasteiger partial charge in [-0.2, -0.15) is 0 Å². The maximum absolute atomic E-state index is 12.7. The second-order valence-corrected chi connectivity index (χ2v) is 6.93. The van der Waals surface area contributed by atoms with Gasteiger partial charge in [0.15, 0.2) is 6.10 Å². The number of carbonyl (C=O) groups excluding carboxylic acids is 2. The summed E-state index contributed by atoms with van der Waals surface area (Å²) in [7, 11) is 0. The molecular weight excluding hydrogens is 394 g/mol. The van der Waals surface area contributed by atoms with Gasteiger partial charge in [0.05, 0.1) is 0 Å². The Kier molecular flexibility index (Phi) is 5.62. The molecule has 0 saturated heterocycles. The van der Waals surface area contributed by atoms with Crippen molar-refractivity contribution in [2.75, 3.05) is 5.32 Å². The molecule has 1 amide bonds. The number of fused-ring (bicyclic) bond motifs is 1. The van der Waals surface area contributed by atoms with E-state index in [0.717, 1.165) is 11.1 Å². The fourth-order valence-corrected chi connectivity index (χ4v) is 3.18. The van der Waals surface area contributed by atoms with E-state index in [1.54, 1.807) is 36.4 Å². The van der Waals surface area contributed by atoms with Crippen LogP contribution in [-0.2, 0) is 9.53 Å². The van der Waals surface area contributed by atoms with Gasteiger partial charge in [0.2, 0.25) is 0 Å². The largest absolute Gasteiger partial charge is 0.449 e. The van der Waals surface area contributed by atoms with Gasteiger partial charge >= 0.3 is 11.6 Å². The van der Waals surface area contributed by atoms with Crippen molar-refractivity contribution in [3.8, 4) is 11.1 Å². The first-order chi connectivity index (χ1) is 15.0. The number of nitrogens with one attached hydrogen (secondary N) is 1. The summed E-state index contributed by atoms with van der Waals surface area (Å²) in [4.78, 5) is 37.3. The molecular formula is C25H19NO5. The number of para-hydroxylation sites is 2. The average Bonchev–Trinajstić information content (AvgIpc) is 2.79. The Balaban J connectivity index is 1.51. The number of anilines is 1. The minimum absolute atomic E-state index is 0.261. The predicted molar refractivity (Wildman–Crippen MR) is 118 cm³/mol. The molecule has 3 aromatic carbocycles. The molecule has 1 aromatic heterocycles. The molecule has 0 aliphatic heterocycles. The zero-order chi connectivity index (χ0) is 21.8. The third-order valence-corrected chi connectivity index (χ3v) is 4.78. The van der Waals surface area contributed by atoms with E-state index < -0.39 is 23.6 Å². The normalized spacial score (nSPS) is 11.6. The molecule has 0 aliphatic rings. The summed E-state index contributed by atoms with van der Waals surface area (Å²) >= 11 is 0. The van der Waals surface area contributed by atoms with Crippen molar-refractivity contribution in [2.45, 2.75) is 13.0 Å². The number of amides is 1. The first-order valence-corrected chi connectivity index (χ1v) is 9.72. The highest BCUT2D eigenvalue weighted by molar-refractivity contribution is 6.00. The van der Waals surface area contributed by atoms with E-state index in [1.807, 2.05) is 42.5 Å². The number of hydrogen-bond acceptors (Lipinski definition) is 5. The minimum Gasteiger partial charge on any atom is -0.449 e. The highest BCUT2D eigenvalue weighted by atomic mass is 16.5. The van der Waals surface area contributed by atoms with E-state index in [2.05, 4.69) is 5.32 Å². The van der Waals surface area contributed by atoms with E-state index in [4.69, 9.17) is 9.15 Å². The summed E-state index contributed by atoms with van der Waals surface area (Å²) in [6, 6.07) is 25.2. The Bertz CT molecular complexity index is 1310. The van der Waals surface area contributed by atoms with Crippen molar-refractivity contribution in [1.29, 1.82) is 0 Å². The van der Waals surface area contributed by atoms with Gasteiger partial charge in [-0.05, 0) is 30.7 Å². The Hall–Kier alpha value is -4.19. The molecule has 1 N–H and O–H groups in total. The van der Waals surface area contributed by atoms with E-state index in [-0.39, 0.29) is 5.56 Å². The van der Waals surface area contributed by atoms with Gasteiger partial charge in [-0.1, -0.05) is 66.7 Å². The molecule has 0 aliphatic carbocycles. The molecule has 0 fully saturated rings. The number of benzene rings is 3. The van der Waals surface area contributed by atoms with E-state index in [1.165, 1.54) is 13.0 Å². The third kappa shape index (κ3) is 4.38. The maximum atomic E-state index is 12.7. The lowest BCUT2D eigenvalue weighted by molar-refractivity contribution is -0.123. The molecule has 31 heavy (non-hydrogen) atoms. The summed E-state index contributed by atoms with van der Waals surface area (Å²) in [6.45, 7) is 1.45. The smallest absolute Gasteiger partial charge is 0.351 e. The van der Waals surface area contributed by atoms with Gasteiger partial charge in [0.1, 0.15) is 11.1 Å². The van der Waals surface area contributed by atoms with Crippen LogP contribution in [0, 0.1) is 0 Å². The summed E-state index contributed by atoms with van der Waals surface area (Å²) in [5, 5.41) is 3.38. The lowest BCUT2D eigenvalue weighted by atomic mass is 10.0. The van der Waals surface area contributed by atoms with Crippen LogP contribution in [0.2, 0.25) is 0 Å². The molecule has 0 spiro atoms. The van der Waals surface area contributed by atoms with Crippen LogP contribution >= 0.6 is 0 Å². The van der Waals surface area contributed by atoms with Gasteiger partial charge < -0.3 is 14.5 Å². The number of hydrogen-bond donors (Lipinski definition) is 1. The van der Waals surface area contributed by atoms with Gasteiger partial charge in [-0.3, -0.25) is 4.79 Å². The molecule has 1 atom stereocenters. The van der Waals surface area contributed by atoms with Crippen LogP contribution in [-0.4, -0.2) is 18.0 Å². The van der Waals surface area contributed by atoms with E-state index in [0.29, 0.717) is 16.7 Å². The van der Waals surface area contributed by atoms with Crippen LogP contribution in [0.4, 0.5) is 5.69 Å². The zero-order valence-corrected chi connectivity index (χ0v) is 16.7.